The molecule has 4 heteroatoms. The maximum Gasteiger partial charge on any atom is 0.346 e. The number of hydrogen-bond acceptors (Lipinski definition) is 3. The van der Waals surface area contributed by atoms with Crippen molar-refractivity contribution in [2.24, 2.45) is 0 Å². The van der Waals surface area contributed by atoms with Crippen molar-refractivity contribution in [1.82, 2.24) is 0 Å². The van der Waals surface area contributed by atoms with Crippen molar-refractivity contribution in [2.45, 2.75) is 13.3 Å². The van der Waals surface area contributed by atoms with E-state index in [2.05, 4.69) is 0 Å². The summed E-state index contributed by atoms with van der Waals surface area (Å²) in [7, 11) is 0. The Morgan fingerprint density at radius 1 is 1.05 bits per heavy atom. The molecule has 0 radical (unpaired) electrons. The molecular formula is C16H13FO3. The highest BCUT2D eigenvalue weighted by Crippen LogP contribution is 2.16. The molecular weight excluding hydrogens is 259 g/mol. The molecule has 0 bridgehead atoms. The molecule has 0 saturated heterocycles. The number of halogens is 1. The molecule has 0 heterocycles. The molecule has 0 N–H and O–H groups in total. The molecule has 0 spiro atoms. The SMILES string of the molecule is CCC(=O)c1ccc(OC(=O)c2ccccc2F)cc1. The summed E-state index contributed by atoms with van der Waals surface area (Å²) in [5, 5.41) is 0. The van der Waals surface area contributed by atoms with E-state index < -0.39 is 11.8 Å². The number of carbonyl (C=O) groups is 2. The minimum Gasteiger partial charge on any atom is -0.423 e. The lowest BCUT2D eigenvalue weighted by molar-refractivity contribution is 0.0730. The second kappa shape index (κ2) is 6.10. The first-order chi connectivity index (χ1) is 9.61. The van der Waals surface area contributed by atoms with Crippen LogP contribution in [0.4, 0.5) is 4.39 Å². The summed E-state index contributed by atoms with van der Waals surface area (Å²) >= 11 is 0. The Labute approximate surface area is 116 Å². The minimum atomic E-state index is -0.766. The maximum atomic E-state index is 13.4. The largest absolute Gasteiger partial charge is 0.423 e. The number of carbonyl (C=O) groups excluding carboxylic acids is 2. The Hall–Kier alpha value is -2.49. The van der Waals surface area contributed by atoms with Crippen molar-refractivity contribution in [3.63, 3.8) is 0 Å². The monoisotopic (exact) mass is 272 g/mol. The lowest BCUT2D eigenvalue weighted by Crippen LogP contribution is -2.10. The van der Waals surface area contributed by atoms with Crippen LogP contribution in [-0.4, -0.2) is 11.8 Å². The van der Waals surface area contributed by atoms with Gasteiger partial charge < -0.3 is 4.74 Å². The van der Waals surface area contributed by atoms with Crippen LogP contribution in [-0.2, 0) is 0 Å². The van der Waals surface area contributed by atoms with E-state index in [0.717, 1.165) is 0 Å². The molecule has 0 aromatic heterocycles. The molecule has 0 fully saturated rings. The molecule has 0 amide bonds. The van der Waals surface area contributed by atoms with Gasteiger partial charge in [-0.1, -0.05) is 19.1 Å². The van der Waals surface area contributed by atoms with E-state index in [-0.39, 0.29) is 17.1 Å². The van der Waals surface area contributed by atoms with E-state index in [9.17, 15) is 14.0 Å². The molecule has 3 nitrogen and oxygen atoms in total. The summed E-state index contributed by atoms with van der Waals surface area (Å²) in [6.45, 7) is 1.77. The van der Waals surface area contributed by atoms with Crippen LogP contribution in [0.3, 0.4) is 0 Å². The zero-order chi connectivity index (χ0) is 14.5. The highest BCUT2D eigenvalue weighted by atomic mass is 19.1. The second-order valence-electron chi connectivity index (χ2n) is 4.17. The second-order valence-corrected chi connectivity index (χ2v) is 4.17. The van der Waals surface area contributed by atoms with Gasteiger partial charge in [0.25, 0.3) is 0 Å². The van der Waals surface area contributed by atoms with Crippen LogP contribution < -0.4 is 4.74 Å². The molecule has 2 aromatic rings. The van der Waals surface area contributed by atoms with Crippen LogP contribution in [0.5, 0.6) is 5.75 Å². The van der Waals surface area contributed by atoms with Gasteiger partial charge in [0.2, 0.25) is 0 Å². The normalized spacial score (nSPS) is 10.1. The summed E-state index contributed by atoms with van der Waals surface area (Å²) in [6, 6.07) is 11.8. The molecule has 0 atom stereocenters. The first-order valence-corrected chi connectivity index (χ1v) is 6.21. The van der Waals surface area contributed by atoms with E-state index in [1.807, 2.05) is 0 Å². The fourth-order valence-corrected chi connectivity index (χ4v) is 1.70. The summed E-state index contributed by atoms with van der Waals surface area (Å²) in [5.74, 6) is -1.11. The van der Waals surface area contributed by atoms with Crippen molar-refractivity contribution in [1.29, 1.82) is 0 Å². The van der Waals surface area contributed by atoms with E-state index in [1.165, 1.54) is 30.3 Å². The minimum absolute atomic E-state index is 0.0111. The van der Waals surface area contributed by atoms with Crippen molar-refractivity contribution >= 4 is 11.8 Å². The molecule has 0 aliphatic carbocycles. The lowest BCUT2D eigenvalue weighted by Gasteiger charge is -2.05. The topological polar surface area (TPSA) is 43.4 Å². The van der Waals surface area contributed by atoms with Crippen molar-refractivity contribution in [3.05, 3.63) is 65.5 Å². The maximum absolute atomic E-state index is 13.4. The van der Waals surface area contributed by atoms with E-state index in [0.29, 0.717) is 12.0 Å². The van der Waals surface area contributed by atoms with E-state index in [1.54, 1.807) is 25.1 Å². The number of Topliss-reactive ketones (excluding diaryl/α,β-unsaturated/α-hetero) is 1. The van der Waals surface area contributed by atoms with Gasteiger partial charge in [-0.25, -0.2) is 9.18 Å². The standard InChI is InChI=1S/C16H13FO3/c1-2-15(18)11-7-9-12(10-8-11)20-16(19)13-5-3-4-6-14(13)17/h3-10H,2H2,1H3. The highest BCUT2D eigenvalue weighted by Gasteiger charge is 2.13. The molecule has 0 aliphatic heterocycles. The molecule has 0 saturated carbocycles. The van der Waals surface area contributed by atoms with Crippen LogP contribution in [0.2, 0.25) is 0 Å². The molecule has 102 valence electrons. The van der Waals surface area contributed by atoms with Gasteiger partial charge in [-0.3, -0.25) is 4.79 Å². The molecule has 2 rings (SSSR count). The first-order valence-electron chi connectivity index (χ1n) is 6.21. The van der Waals surface area contributed by atoms with Crippen LogP contribution in [0.1, 0.15) is 34.1 Å². The first kappa shape index (κ1) is 13.9. The third-order valence-electron chi connectivity index (χ3n) is 2.80. The van der Waals surface area contributed by atoms with Crippen molar-refractivity contribution in [2.75, 3.05) is 0 Å². The molecule has 0 unspecified atom stereocenters. The van der Waals surface area contributed by atoms with Crippen molar-refractivity contribution < 1.29 is 18.7 Å². The summed E-state index contributed by atoms with van der Waals surface area (Å²) in [4.78, 5) is 23.2. The molecule has 20 heavy (non-hydrogen) atoms. The van der Waals surface area contributed by atoms with Crippen LogP contribution >= 0.6 is 0 Å². The van der Waals surface area contributed by atoms with Gasteiger partial charge in [-0.2, -0.15) is 0 Å². The fraction of sp³-hybridized carbons (Fsp3) is 0.125. The Morgan fingerprint density at radius 2 is 1.70 bits per heavy atom. The number of benzene rings is 2. The average Bonchev–Trinajstić information content (AvgIpc) is 2.47. The molecule has 2 aromatic carbocycles. The van der Waals surface area contributed by atoms with Crippen molar-refractivity contribution in [3.8, 4) is 5.75 Å². The quantitative estimate of drug-likeness (QED) is 0.485. The fourth-order valence-electron chi connectivity index (χ4n) is 1.70. The van der Waals surface area contributed by atoms with Gasteiger partial charge in [-0.15, -0.1) is 0 Å². The Bertz CT molecular complexity index is 632. The average molecular weight is 272 g/mol. The smallest absolute Gasteiger partial charge is 0.346 e. The van der Waals surface area contributed by atoms with E-state index in [4.69, 9.17) is 4.74 Å². The third kappa shape index (κ3) is 3.09. The van der Waals surface area contributed by atoms with E-state index >= 15 is 0 Å². The number of ketones is 1. The zero-order valence-electron chi connectivity index (χ0n) is 10.9. The lowest BCUT2D eigenvalue weighted by atomic mass is 10.1. The van der Waals surface area contributed by atoms with Gasteiger partial charge in [0.05, 0.1) is 5.56 Å². The summed E-state index contributed by atoms with van der Waals surface area (Å²) < 4.78 is 18.5. The third-order valence-corrected chi connectivity index (χ3v) is 2.80. The van der Waals surface area contributed by atoms with Gasteiger partial charge in [-0.05, 0) is 36.4 Å². The van der Waals surface area contributed by atoms with Crippen LogP contribution in [0.25, 0.3) is 0 Å². The Morgan fingerprint density at radius 3 is 2.30 bits per heavy atom. The highest BCUT2D eigenvalue weighted by molar-refractivity contribution is 5.96. The number of esters is 1. The number of ether oxygens (including phenoxy) is 1. The van der Waals surface area contributed by atoms with Gasteiger partial charge >= 0.3 is 5.97 Å². The Kier molecular flexibility index (Phi) is 4.25. The summed E-state index contributed by atoms with van der Waals surface area (Å²) in [6.07, 6.45) is 0.411. The predicted octanol–water partition coefficient (Wildman–Crippen LogP) is 3.64. The number of hydrogen-bond donors (Lipinski definition) is 0. The van der Waals surface area contributed by atoms with Gasteiger partial charge in [0, 0.05) is 12.0 Å². The van der Waals surface area contributed by atoms with Gasteiger partial charge in [0.1, 0.15) is 11.6 Å². The summed E-state index contributed by atoms with van der Waals surface area (Å²) in [5.41, 5.74) is 0.430. The number of rotatable bonds is 4. The zero-order valence-corrected chi connectivity index (χ0v) is 10.9. The molecule has 0 aliphatic rings. The predicted molar refractivity (Wildman–Crippen MR) is 72.4 cm³/mol. The van der Waals surface area contributed by atoms with Gasteiger partial charge in [0.15, 0.2) is 5.78 Å². The van der Waals surface area contributed by atoms with Crippen LogP contribution in [0, 0.1) is 5.82 Å². The van der Waals surface area contributed by atoms with Crippen LogP contribution in [0.15, 0.2) is 48.5 Å². The Balaban J connectivity index is 2.13.